The molecule has 0 saturated carbocycles. The molecule has 1 atom stereocenters. The van der Waals surface area contributed by atoms with Crippen molar-refractivity contribution in [3.63, 3.8) is 0 Å². The van der Waals surface area contributed by atoms with Crippen LogP contribution in [-0.4, -0.2) is 35.5 Å². The number of hydrogen-bond acceptors (Lipinski definition) is 5. The summed E-state index contributed by atoms with van der Waals surface area (Å²) in [4.78, 5) is 8.65. The first-order chi connectivity index (χ1) is 10.8. The second kappa shape index (κ2) is 5.86. The zero-order chi connectivity index (χ0) is 16.6. The molecule has 1 saturated heterocycles. The zero-order valence-corrected chi connectivity index (χ0v) is 13.6. The molecular formula is C15H17FN4O2S. The largest absolute Gasteiger partial charge is 0.340 e. The first-order valence-corrected chi connectivity index (χ1v) is 9.03. The lowest BCUT2D eigenvalue weighted by Crippen LogP contribution is -2.44. The Bertz CT molecular complexity index is 824. The van der Waals surface area contributed by atoms with Gasteiger partial charge in [-0.3, -0.25) is 0 Å². The molecule has 1 aliphatic rings. The maximum absolute atomic E-state index is 13.0. The molecular weight excluding hydrogens is 319 g/mol. The first-order valence-electron chi connectivity index (χ1n) is 7.18. The molecule has 1 N–H and O–H groups in total. The van der Waals surface area contributed by atoms with Crippen molar-refractivity contribution in [2.45, 2.75) is 19.4 Å². The van der Waals surface area contributed by atoms with Gasteiger partial charge in [-0.2, -0.15) is 4.31 Å². The molecule has 122 valence electrons. The Hall–Kier alpha value is -2.06. The van der Waals surface area contributed by atoms with E-state index in [0.717, 1.165) is 6.42 Å². The molecule has 0 bridgehead atoms. The fourth-order valence-electron chi connectivity index (χ4n) is 2.56. The van der Waals surface area contributed by atoms with Crippen molar-refractivity contribution in [2.75, 3.05) is 18.1 Å². The quantitative estimate of drug-likeness (QED) is 0.928. The molecule has 0 amide bonds. The number of anilines is 2. The molecule has 1 fully saturated rings. The lowest BCUT2D eigenvalue weighted by atomic mass is 10.0. The van der Waals surface area contributed by atoms with Crippen molar-refractivity contribution < 1.29 is 12.8 Å². The molecule has 3 rings (SSSR count). The summed E-state index contributed by atoms with van der Waals surface area (Å²) >= 11 is 0. The molecule has 1 aromatic heterocycles. The highest BCUT2D eigenvalue weighted by atomic mass is 32.2. The predicted molar refractivity (Wildman–Crippen MR) is 85.4 cm³/mol. The maximum Gasteiger partial charge on any atom is 0.211 e. The van der Waals surface area contributed by atoms with Crippen LogP contribution in [0.3, 0.4) is 0 Å². The Morgan fingerprint density at radius 2 is 1.96 bits per heavy atom. The Kier molecular flexibility index (Phi) is 4.03. The number of nitrogens with zero attached hydrogens (tertiary/aromatic N) is 3. The summed E-state index contributed by atoms with van der Waals surface area (Å²) in [6.45, 7) is 2.26. The highest BCUT2D eigenvalue weighted by Crippen LogP contribution is 2.35. The highest BCUT2D eigenvalue weighted by molar-refractivity contribution is 7.88. The van der Waals surface area contributed by atoms with Gasteiger partial charge in [0.25, 0.3) is 0 Å². The molecule has 2 heterocycles. The minimum absolute atomic E-state index is 0.250. The topological polar surface area (TPSA) is 75.2 Å². The van der Waals surface area contributed by atoms with E-state index in [1.807, 2.05) is 0 Å². The second-order valence-electron chi connectivity index (χ2n) is 5.54. The number of aryl methyl sites for hydroxylation is 1. The van der Waals surface area contributed by atoms with Gasteiger partial charge in [0, 0.05) is 18.3 Å². The van der Waals surface area contributed by atoms with Crippen LogP contribution in [0.5, 0.6) is 0 Å². The van der Waals surface area contributed by atoms with Crippen molar-refractivity contribution in [1.29, 1.82) is 0 Å². The molecule has 1 unspecified atom stereocenters. The van der Waals surface area contributed by atoms with Gasteiger partial charge >= 0.3 is 0 Å². The summed E-state index contributed by atoms with van der Waals surface area (Å²) in [5.41, 5.74) is 1.36. The fraction of sp³-hybridized carbons (Fsp3) is 0.333. The molecule has 1 aliphatic heterocycles. The Balaban J connectivity index is 1.86. The number of benzene rings is 1. The van der Waals surface area contributed by atoms with Gasteiger partial charge in [-0.05, 0) is 37.6 Å². The predicted octanol–water partition coefficient (Wildman–Crippen LogP) is 2.37. The standard InChI is InChI=1S/C15H17FN4O2S/c1-10-17-13(14-7-8-20(14)23(2,21)22)9-15(18-10)19-12-5-3-11(16)4-6-12/h3-6,9,14H,7-8H2,1-2H3,(H,17,18,19). The van der Waals surface area contributed by atoms with Crippen LogP contribution >= 0.6 is 0 Å². The highest BCUT2D eigenvalue weighted by Gasteiger charge is 2.37. The van der Waals surface area contributed by atoms with Crippen LogP contribution in [0.2, 0.25) is 0 Å². The van der Waals surface area contributed by atoms with E-state index < -0.39 is 10.0 Å². The van der Waals surface area contributed by atoms with Gasteiger partial charge in [-0.1, -0.05) is 0 Å². The fourth-order valence-corrected chi connectivity index (χ4v) is 3.68. The van der Waals surface area contributed by atoms with Crippen LogP contribution < -0.4 is 5.32 Å². The van der Waals surface area contributed by atoms with Crippen LogP contribution in [0.1, 0.15) is 24.0 Å². The minimum Gasteiger partial charge on any atom is -0.340 e. The van der Waals surface area contributed by atoms with Gasteiger partial charge in [0.05, 0.1) is 18.0 Å². The van der Waals surface area contributed by atoms with Gasteiger partial charge in [0.15, 0.2) is 0 Å². The second-order valence-corrected chi connectivity index (χ2v) is 7.47. The summed E-state index contributed by atoms with van der Waals surface area (Å²) in [7, 11) is -3.24. The lowest BCUT2D eigenvalue weighted by Gasteiger charge is -2.38. The third kappa shape index (κ3) is 3.48. The van der Waals surface area contributed by atoms with E-state index in [9.17, 15) is 12.8 Å². The summed E-state index contributed by atoms with van der Waals surface area (Å²) in [5.74, 6) is 0.792. The number of rotatable bonds is 4. The smallest absolute Gasteiger partial charge is 0.211 e. The zero-order valence-electron chi connectivity index (χ0n) is 12.8. The normalized spacial score (nSPS) is 18.5. The molecule has 1 aromatic carbocycles. The Labute approximate surface area is 134 Å². The van der Waals surface area contributed by atoms with E-state index in [4.69, 9.17) is 0 Å². The van der Waals surface area contributed by atoms with Gasteiger partial charge in [-0.25, -0.2) is 22.8 Å². The van der Waals surface area contributed by atoms with Crippen LogP contribution in [0, 0.1) is 12.7 Å². The lowest BCUT2D eigenvalue weighted by molar-refractivity contribution is 0.199. The number of sulfonamides is 1. The Morgan fingerprint density at radius 3 is 2.52 bits per heavy atom. The Morgan fingerprint density at radius 1 is 1.26 bits per heavy atom. The van der Waals surface area contributed by atoms with Crippen molar-refractivity contribution in [2.24, 2.45) is 0 Å². The van der Waals surface area contributed by atoms with E-state index in [-0.39, 0.29) is 11.9 Å². The minimum atomic E-state index is -3.24. The monoisotopic (exact) mass is 336 g/mol. The van der Waals surface area contributed by atoms with Gasteiger partial charge < -0.3 is 5.32 Å². The van der Waals surface area contributed by atoms with Crippen LogP contribution in [0.15, 0.2) is 30.3 Å². The maximum atomic E-state index is 13.0. The van der Waals surface area contributed by atoms with Crippen molar-refractivity contribution >= 4 is 21.5 Å². The summed E-state index contributed by atoms with van der Waals surface area (Å²) < 4.78 is 37.8. The van der Waals surface area contributed by atoms with Crippen LogP contribution in [-0.2, 0) is 10.0 Å². The first kappa shape index (κ1) is 15.8. The van der Waals surface area contributed by atoms with E-state index in [1.165, 1.54) is 22.7 Å². The van der Waals surface area contributed by atoms with E-state index in [1.54, 1.807) is 25.1 Å². The average Bonchev–Trinajstić information content (AvgIpc) is 2.37. The number of hydrogen-bond donors (Lipinski definition) is 1. The molecule has 23 heavy (non-hydrogen) atoms. The van der Waals surface area contributed by atoms with Gasteiger partial charge in [0.2, 0.25) is 10.0 Å². The number of nitrogens with one attached hydrogen (secondary N) is 1. The molecule has 0 aliphatic carbocycles. The average molecular weight is 336 g/mol. The third-order valence-corrected chi connectivity index (χ3v) is 5.00. The molecule has 6 nitrogen and oxygen atoms in total. The molecule has 0 radical (unpaired) electrons. The summed E-state index contributed by atoms with van der Waals surface area (Å²) in [6, 6.07) is 7.42. The van der Waals surface area contributed by atoms with E-state index >= 15 is 0 Å². The van der Waals surface area contributed by atoms with Crippen LogP contribution in [0.25, 0.3) is 0 Å². The SMILES string of the molecule is Cc1nc(Nc2ccc(F)cc2)cc(C2CCN2S(C)(=O)=O)n1. The number of halogens is 1. The third-order valence-electron chi connectivity index (χ3n) is 3.71. The van der Waals surface area contributed by atoms with Crippen LogP contribution in [0.4, 0.5) is 15.9 Å². The molecule has 0 spiro atoms. The summed E-state index contributed by atoms with van der Waals surface area (Å²) in [5, 5.41) is 3.08. The van der Waals surface area contributed by atoms with Crippen molar-refractivity contribution in [1.82, 2.24) is 14.3 Å². The van der Waals surface area contributed by atoms with Crippen molar-refractivity contribution in [3.8, 4) is 0 Å². The molecule has 8 heteroatoms. The summed E-state index contributed by atoms with van der Waals surface area (Å²) in [6.07, 6.45) is 1.93. The van der Waals surface area contributed by atoms with Gasteiger partial charge in [-0.15, -0.1) is 0 Å². The molecule has 2 aromatic rings. The number of aromatic nitrogens is 2. The van der Waals surface area contributed by atoms with E-state index in [2.05, 4.69) is 15.3 Å². The van der Waals surface area contributed by atoms with E-state index in [0.29, 0.717) is 29.6 Å². The van der Waals surface area contributed by atoms with Gasteiger partial charge in [0.1, 0.15) is 17.5 Å². The van der Waals surface area contributed by atoms with Crippen molar-refractivity contribution in [3.05, 3.63) is 47.7 Å².